The van der Waals surface area contributed by atoms with E-state index in [0.29, 0.717) is 43.0 Å². The Labute approximate surface area is 189 Å². The maximum atomic E-state index is 12.1. The molecule has 2 aromatic heterocycles. The van der Waals surface area contributed by atoms with Gasteiger partial charge in [0.05, 0.1) is 31.1 Å². The number of alkyl carbamates (subject to hydrolysis) is 1. The van der Waals surface area contributed by atoms with Crippen molar-refractivity contribution in [2.75, 3.05) is 25.1 Å². The number of nitrogens with one attached hydrogen (secondary N) is 2. The molecule has 180 valence electrons. The molecule has 13 heteroatoms. The number of carbonyl (C=O) groups is 1. The zero-order chi connectivity index (χ0) is 22.9. The summed E-state index contributed by atoms with van der Waals surface area (Å²) in [6.07, 6.45) is 0.0709. The molecule has 0 radical (unpaired) electrons. The van der Waals surface area contributed by atoms with Gasteiger partial charge < -0.3 is 40.2 Å². The molecule has 4 heterocycles. The van der Waals surface area contributed by atoms with E-state index in [1.54, 1.807) is 0 Å². The second-order valence-corrected chi connectivity index (χ2v) is 8.65. The quantitative estimate of drug-likeness (QED) is 0.365. The number of ether oxygens (including phenoxy) is 3. The number of aromatic nitrogens is 4. The van der Waals surface area contributed by atoms with Gasteiger partial charge in [-0.05, 0) is 25.7 Å². The minimum absolute atomic E-state index is 0.126. The maximum absolute atomic E-state index is 12.1. The Morgan fingerprint density at radius 2 is 2.06 bits per heavy atom. The lowest BCUT2D eigenvalue weighted by atomic mass is 10.1. The Morgan fingerprint density at radius 1 is 1.18 bits per heavy atom. The van der Waals surface area contributed by atoms with Crippen LogP contribution in [0.25, 0.3) is 11.2 Å². The standard InChI is InChI=1S/C20H28N6O7/c27-12-3-1-2-11(12)25-20(30)32-7-13-15(28)16(29)19(33-13)26-9-23-14-17(21-8-22-18(14)26)24-10-4-5-31-6-10/h8-13,15-16,19,27-29H,1-7H2,(H,25,30)(H,21,22,24)/t10-,11-,12-,13-,15-,16-,19?/m1/s1. The molecular weight excluding hydrogens is 436 g/mol. The van der Waals surface area contributed by atoms with Crippen LogP contribution in [0.5, 0.6) is 0 Å². The summed E-state index contributed by atoms with van der Waals surface area (Å²) in [4.78, 5) is 25.0. The fourth-order valence-electron chi connectivity index (χ4n) is 4.54. The van der Waals surface area contributed by atoms with Crippen LogP contribution < -0.4 is 10.6 Å². The van der Waals surface area contributed by atoms with Crippen LogP contribution in [0.2, 0.25) is 0 Å². The molecule has 7 atom stereocenters. The highest BCUT2D eigenvalue weighted by molar-refractivity contribution is 5.82. The SMILES string of the molecule is O=C(N[C@@H]1CCC[C@H]1O)OC[C@H]1OC(n2cnc3c(N[C@@H]4CCOC4)ncnc32)[C@H](O)[C@@H]1O. The molecule has 0 spiro atoms. The highest BCUT2D eigenvalue weighted by atomic mass is 16.6. The van der Waals surface area contributed by atoms with Gasteiger partial charge in [0, 0.05) is 6.61 Å². The smallest absolute Gasteiger partial charge is 0.407 e. The number of rotatable bonds is 6. The Kier molecular flexibility index (Phi) is 6.29. The predicted molar refractivity (Wildman–Crippen MR) is 112 cm³/mol. The zero-order valence-corrected chi connectivity index (χ0v) is 17.9. The van der Waals surface area contributed by atoms with Gasteiger partial charge in [-0.15, -0.1) is 0 Å². The first-order valence-electron chi connectivity index (χ1n) is 11.2. The van der Waals surface area contributed by atoms with Crippen molar-refractivity contribution < 1.29 is 34.3 Å². The summed E-state index contributed by atoms with van der Waals surface area (Å²) in [6, 6.07) is -0.220. The van der Waals surface area contributed by atoms with E-state index in [2.05, 4.69) is 25.6 Å². The first-order chi connectivity index (χ1) is 16.0. The van der Waals surface area contributed by atoms with E-state index in [1.165, 1.54) is 17.2 Å². The molecule has 3 aliphatic rings. The molecule has 5 N–H and O–H groups in total. The first kappa shape index (κ1) is 22.2. The Hall–Kier alpha value is -2.58. The van der Waals surface area contributed by atoms with Crippen molar-refractivity contribution in [3.05, 3.63) is 12.7 Å². The number of fused-ring (bicyclic) bond motifs is 1. The predicted octanol–water partition coefficient (Wildman–Crippen LogP) is -0.714. The molecule has 0 aromatic carbocycles. The Bertz CT molecular complexity index is 983. The van der Waals surface area contributed by atoms with Crippen molar-refractivity contribution in [2.45, 2.75) is 68.4 Å². The third-order valence-electron chi connectivity index (χ3n) is 6.40. The Balaban J connectivity index is 1.24. The number of anilines is 1. The molecule has 2 saturated heterocycles. The number of carbonyl (C=O) groups excluding carboxylic acids is 1. The van der Waals surface area contributed by atoms with Gasteiger partial charge in [0.15, 0.2) is 23.2 Å². The molecule has 3 fully saturated rings. The summed E-state index contributed by atoms with van der Waals surface area (Å²) in [5, 5.41) is 36.8. The first-order valence-corrected chi connectivity index (χ1v) is 11.2. The summed E-state index contributed by atoms with van der Waals surface area (Å²) in [5.41, 5.74) is 0.932. The highest BCUT2D eigenvalue weighted by Gasteiger charge is 2.45. The largest absolute Gasteiger partial charge is 0.447 e. The average molecular weight is 464 g/mol. The number of nitrogens with zero attached hydrogens (tertiary/aromatic N) is 4. The van der Waals surface area contributed by atoms with Crippen molar-refractivity contribution in [3.63, 3.8) is 0 Å². The molecule has 33 heavy (non-hydrogen) atoms. The molecule has 1 amide bonds. The fraction of sp³-hybridized carbons (Fsp3) is 0.700. The van der Waals surface area contributed by atoms with Crippen molar-refractivity contribution in [1.82, 2.24) is 24.8 Å². The van der Waals surface area contributed by atoms with Gasteiger partial charge in [-0.1, -0.05) is 0 Å². The summed E-state index contributed by atoms with van der Waals surface area (Å²) in [5.74, 6) is 0.549. The molecule has 2 aromatic rings. The second-order valence-electron chi connectivity index (χ2n) is 8.65. The van der Waals surface area contributed by atoms with Crippen LogP contribution in [0.15, 0.2) is 12.7 Å². The monoisotopic (exact) mass is 464 g/mol. The lowest BCUT2D eigenvalue weighted by Crippen LogP contribution is -2.42. The number of hydrogen-bond acceptors (Lipinski definition) is 11. The van der Waals surface area contributed by atoms with Crippen LogP contribution in [0.1, 0.15) is 31.9 Å². The van der Waals surface area contributed by atoms with Crippen LogP contribution in [0.4, 0.5) is 10.6 Å². The van der Waals surface area contributed by atoms with E-state index in [9.17, 15) is 20.1 Å². The topological polar surface area (TPSA) is 173 Å². The summed E-state index contributed by atoms with van der Waals surface area (Å²) >= 11 is 0. The third-order valence-corrected chi connectivity index (χ3v) is 6.40. The number of amides is 1. The van der Waals surface area contributed by atoms with Crippen molar-refractivity contribution in [2.24, 2.45) is 0 Å². The minimum Gasteiger partial charge on any atom is -0.447 e. The molecule has 1 unspecified atom stereocenters. The molecule has 1 aliphatic carbocycles. The minimum atomic E-state index is -1.29. The highest BCUT2D eigenvalue weighted by Crippen LogP contribution is 2.32. The molecule has 13 nitrogen and oxygen atoms in total. The van der Waals surface area contributed by atoms with Gasteiger partial charge in [-0.2, -0.15) is 0 Å². The Morgan fingerprint density at radius 3 is 2.82 bits per heavy atom. The van der Waals surface area contributed by atoms with Crippen LogP contribution in [-0.2, 0) is 14.2 Å². The maximum Gasteiger partial charge on any atom is 0.407 e. The number of aliphatic hydroxyl groups excluding tert-OH is 3. The van der Waals surface area contributed by atoms with Crippen LogP contribution >= 0.6 is 0 Å². The number of aliphatic hydroxyl groups is 3. The average Bonchev–Trinajstić information content (AvgIpc) is 3.59. The summed E-state index contributed by atoms with van der Waals surface area (Å²) < 4.78 is 17.9. The van der Waals surface area contributed by atoms with E-state index in [0.717, 1.165) is 12.8 Å². The van der Waals surface area contributed by atoms with E-state index >= 15 is 0 Å². The molecule has 5 rings (SSSR count). The van der Waals surface area contributed by atoms with Gasteiger partial charge in [-0.25, -0.2) is 19.7 Å². The van der Waals surface area contributed by atoms with E-state index in [-0.39, 0.29) is 18.7 Å². The van der Waals surface area contributed by atoms with Crippen LogP contribution in [0, 0.1) is 0 Å². The molecule has 1 saturated carbocycles. The second kappa shape index (κ2) is 9.35. The van der Waals surface area contributed by atoms with Crippen LogP contribution in [0.3, 0.4) is 0 Å². The van der Waals surface area contributed by atoms with Gasteiger partial charge in [0.25, 0.3) is 0 Å². The van der Waals surface area contributed by atoms with Crippen molar-refractivity contribution in [3.8, 4) is 0 Å². The van der Waals surface area contributed by atoms with Crippen molar-refractivity contribution >= 4 is 23.1 Å². The lowest BCUT2D eigenvalue weighted by molar-refractivity contribution is -0.0537. The van der Waals surface area contributed by atoms with Crippen LogP contribution in [-0.4, -0.2) is 97.3 Å². The van der Waals surface area contributed by atoms with Gasteiger partial charge in [0.2, 0.25) is 0 Å². The van der Waals surface area contributed by atoms with E-state index in [1.807, 2.05) is 0 Å². The summed E-state index contributed by atoms with van der Waals surface area (Å²) in [6.45, 7) is 1.00. The van der Waals surface area contributed by atoms with Crippen molar-refractivity contribution in [1.29, 1.82) is 0 Å². The summed E-state index contributed by atoms with van der Waals surface area (Å²) in [7, 11) is 0. The van der Waals surface area contributed by atoms with Gasteiger partial charge in [-0.3, -0.25) is 4.57 Å². The zero-order valence-electron chi connectivity index (χ0n) is 17.9. The molecule has 2 aliphatic heterocycles. The molecular formula is C20H28N6O7. The fourth-order valence-corrected chi connectivity index (χ4v) is 4.54. The van der Waals surface area contributed by atoms with E-state index in [4.69, 9.17) is 14.2 Å². The number of imidazole rings is 1. The normalized spacial score (nSPS) is 34.1. The van der Waals surface area contributed by atoms with E-state index < -0.39 is 36.7 Å². The molecule has 0 bridgehead atoms. The van der Waals surface area contributed by atoms with Gasteiger partial charge >= 0.3 is 6.09 Å². The third kappa shape index (κ3) is 4.46. The van der Waals surface area contributed by atoms with Gasteiger partial charge in [0.1, 0.15) is 31.2 Å². The number of hydrogen-bond donors (Lipinski definition) is 5. The lowest BCUT2D eigenvalue weighted by Gasteiger charge is -2.18.